The molecule has 1 aromatic carbocycles. The lowest BCUT2D eigenvalue weighted by molar-refractivity contribution is 0.603. The molecule has 2 heteroatoms. The maximum atomic E-state index is 5.20. The van der Waals surface area contributed by atoms with E-state index in [4.69, 9.17) is 4.42 Å². The Kier molecular flexibility index (Phi) is 1.78. The summed E-state index contributed by atoms with van der Waals surface area (Å²) in [5.74, 6) is 0. The van der Waals surface area contributed by atoms with E-state index in [1.54, 1.807) is 6.26 Å². The van der Waals surface area contributed by atoms with Gasteiger partial charge in [-0.05, 0) is 17.7 Å². The summed E-state index contributed by atoms with van der Waals surface area (Å²) in [7, 11) is 0. The minimum Gasteiger partial charge on any atom is -0.446 e. The molecule has 0 bridgehead atoms. The number of hydrogen-bond donors (Lipinski definition) is 0. The van der Waals surface area contributed by atoms with Crippen molar-refractivity contribution in [1.82, 2.24) is 4.98 Å². The molecule has 2 heterocycles. The van der Waals surface area contributed by atoms with Gasteiger partial charge in [-0.25, -0.2) is 4.98 Å². The van der Waals surface area contributed by atoms with E-state index in [0.717, 1.165) is 10.9 Å². The van der Waals surface area contributed by atoms with E-state index in [9.17, 15) is 0 Å². The predicted molar refractivity (Wildman–Crippen MR) is 59.4 cm³/mol. The van der Waals surface area contributed by atoms with E-state index < -0.39 is 0 Å². The number of fused-ring (bicyclic) bond motifs is 1. The van der Waals surface area contributed by atoms with Gasteiger partial charge in [0.25, 0.3) is 0 Å². The molecule has 0 unspecified atom stereocenters. The summed E-state index contributed by atoms with van der Waals surface area (Å²) in [6.45, 7) is 0. The summed E-state index contributed by atoms with van der Waals surface area (Å²) in [5.41, 5.74) is 2.98. The van der Waals surface area contributed by atoms with Gasteiger partial charge >= 0.3 is 0 Å². The first-order valence-electron chi connectivity index (χ1n) is 4.82. The molecule has 0 aliphatic heterocycles. The van der Waals surface area contributed by atoms with Gasteiger partial charge < -0.3 is 4.42 Å². The first-order valence-corrected chi connectivity index (χ1v) is 4.82. The van der Waals surface area contributed by atoms with Crippen LogP contribution in [0.5, 0.6) is 0 Å². The van der Waals surface area contributed by atoms with Crippen molar-refractivity contribution >= 4 is 11.1 Å². The van der Waals surface area contributed by atoms with Gasteiger partial charge in [0, 0.05) is 17.1 Å². The monoisotopic (exact) mass is 195 g/mol. The van der Waals surface area contributed by atoms with E-state index in [1.165, 1.54) is 5.56 Å². The summed E-state index contributed by atoms with van der Waals surface area (Å²) < 4.78 is 5.20. The van der Waals surface area contributed by atoms with Crippen molar-refractivity contribution in [3.63, 3.8) is 0 Å². The summed E-state index contributed by atoms with van der Waals surface area (Å²) >= 11 is 0. The summed E-state index contributed by atoms with van der Waals surface area (Å²) in [5, 5.41) is 1.04. The Labute approximate surface area is 87.2 Å². The summed E-state index contributed by atoms with van der Waals surface area (Å²) in [6, 6.07) is 14.2. The summed E-state index contributed by atoms with van der Waals surface area (Å²) in [6.07, 6.45) is 3.49. The molecule has 0 saturated heterocycles. The van der Waals surface area contributed by atoms with E-state index in [-0.39, 0.29) is 0 Å². The molecule has 0 saturated carbocycles. The van der Waals surface area contributed by atoms with Crippen molar-refractivity contribution in [2.45, 2.75) is 0 Å². The molecule has 0 spiro atoms. The Hall–Kier alpha value is -2.09. The third-order valence-corrected chi connectivity index (χ3v) is 2.41. The molecule has 0 atom stereocenters. The van der Waals surface area contributed by atoms with Crippen LogP contribution < -0.4 is 0 Å². The van der Waals surface area contributed by atoms with E-state index >= 15 is 0 Å². The highest BCUT2D eigenvalue weighted by molar-refractivity contribution is 5.79. The van der Waals surface area contributed by atoms with E-state index in [0.29, 0.717) is 5.71 Å². The maximum absolute atomic E-state index is 5.20. The number of benzene rings is 1. The topological polar surface area (TPSA) is 26.0 Å². The Morgan fingerprint density at radius 1 is 0.933 bits per heavy atom. The molecule has 0 amide bonds. The van der Waals surface area contributed by atoms with Crippen molar-refractivity contribution in [2.24, 2.45) is 0 Å². The first-order chi connectivity index (χ1) is 7.43. The molecule has 0 N–H and O–H groups in total. The lowest BCUT2D eigenvalue weighted by atomic mass is 10.1. The quantitative estimate of drug-likeness (QED) is 0.594. The zero-order chi connectivity index (χ0) is 10.1. The fourth-order valence-corrected chi connectivity index (χ4v) is 1.65. The van der Waals surface area contributed by atoms with Gasteiger partial charge in [0.05, 0.1) is 6.26 Å². The molecule has 2 nitrogen and oxygen atoms in total. The average Bonchev–Trinajstić information content (AvgIpc) is 2.77. The first kappa shape index (κ1) is 8.24. The van der Waals surface area contributed by atoms with Crippen LogP contribution >= 0.6 is 0 Å². The van der Waals surface area contributed by atoms with Crippen LogP contribution in [0.15, 0.2) is 59.3 Å². The Bertz CT molecular complexity index is 584. The van der Waals surface area contributed by atoms with Crippen LogP contribution in [-0.2, 0) is 0 Å². The molecule has 3 aromatic rings. The average molecular weight is 195 g/mol. The fraction of sp³-hybridized carbons (Fsp3) is 0. The molecule has 0 aliphatic rings. The van der Waals surface area contributed by atoms with Crippen LogP contribution in [0.2, 0.25) is 0 Å². The van der Waals surface area contributed by atoms with Crippen LogP contribution in [0, 0.1) is 0 Å². The van der Waals surface area contributed by atoms with Crippen molar-refractivity contribution < 1.29 is 4.42 Å². The molecule has 0 aliphatic carbocycles. The Morgan fingerprint density at radius 2 is 1.80 bits per heavy atom. The van der Waals surface area contributed by atoms with Crippen molar-refractivity contribution in [3.05, 3.63) is 54.9 Å². The van der Waals surface area contributed by atoms with E-state index in [2.05, 4.69) is 23.2 Å². The Balaban J connectivity index is 2.19. The third kappa shape index (κ3) is 1.40. The number of pyridine rings is 1. The van der Waals surface area contributed by atoms with Crippen LogP contribution in [0.4, 0.5) is 0 Å². The highest BCUT2D eigenvalue weighted by Gasteiger charge is 2.01. The standard InChI is InChI=1S/C13H9NO/c1-2-4-10(5-3-1)12-8-11-6-7-15-13(11)14-9-12/h1-9H. The van der Waals surface area contributed by atoms with Gasteiger partial charge in [0.2, 0.25) is 5.71 Å². The van der Waals surface area contributed by atoms with Crippen LogP contribution in [0.1, 0.15) is 0 Å². The van der Waals surface area contributed by atoms with Gasteiger partial charge in [-0.2, -0.15) is 0 Å². The third-order valence-electron chi connectivity index (χ3n) is 2.41. The van der Waals surface area contributed by atoms with Gasteiger partial charge in [-0.15, -0.1) is 0 Å². The number of nitrogens with zero attached hydrogens (tertiary/aromatic N) is 1. The molecular formula is C13H9NO. The van der Waals surface area contributed by atoms with Crippen molar-refractivity contribution in [2.75, 3.05) is 0 Å². The lowest BCUT2D eigenvalue weighted by Crippen LogP contribution is -1.79. The van der Waals surface area contributed by atoms with Crippen molar-refractivity contribution in [3.8, 4) is 11.1 Å². The van der Waals surface area contributed by atoms with Crippen LogP contribution in [0.3, 0.4) is 0 Å². The van der Waals surface area contributed by atoms with Gasteiger partial charge in [0.1, 0.15) is 0 Å². The minimum absolute atomic E-state index is 0.690. The minimum atomic E-state index is 0.690. The second kappa shape index (κ2) is 3.24. The van der Waals surface area contributed by atoms with E-state index in [1.807, 2.05) is 30.5 Å². The van der Waals surface area contributed by atoms with Crippen LogP contribution in [0.25, 0.3) is 22.2 Å². The van der Waals surface area contributed by atoms with Gasteiger partial charge in [-0.3, -0.25) is 0 Å². The SMILES string of the molecule is c1ccc(-c2cnc3occc3c2)cc1. The Morgan fingerprint density at radius 3 is 2.67 bits per heavy atom. The number of aromatic nitrogens is 1. The molecule has 72 valence electrons. The molecule has 2 aromatic heterocycles. The smallest absolute Gasteiger partial charge is 0.225 e. The van der Waals surface area contributed by atoms with Gasteiger partial charge in [-0.1, -0.05) is 30.3 Å². The molecule has 3 rings (SSSR count). The normalized spacial score (nSPS) is 10.7. The highest BCUT2D eigenvalue weighted by atomic mass is 16.3. The second-order valence-electron chi connectivity index (χ2n) is 3.40. The van der Waals surface area contributed by atoms with Crippen molar-refractivity contribution in [1.29, 1.82) is 0 Å². The highest BCUT2D eigenvalue weighted by Crippen LogP contribution is 2.22. The molecular weight excluding hydrogens is 186 g/mol. The zero-order valence-electron chi connectivity index (χ0n) is 8.05. The number of hydrogen-bond acceptors (Lipinski definition) is 2. The predicted octanol–water partition coefficient (Wildman–Crippen LogP) is 3.49. The summed E-state index contributed by atoms with van der Waals surface area (Å²) in [4.78, 5) is 4.25. The van der Waals surface area contributed by atoms with Gasteiger partial charge in [0.15, 0.2) is 0 Å². The largest absolute Gasteiger partial charge is 0.446 e. The lowest BCUT2D eigenvalue weighted by Gasteiger charge is -1.99. The molecule has 15 heavy (non-hydrogen) atoms. The van der Waals surface area contributed by atoms with Crippen LogP contribution in [-0.4, -0.2) is 4.98 Å². The fourth-order valence-electron chi connectivity index (χ4n) is 1.65. The zero-order valence-corrected chi connectivity index (χ0v) is 8.05. The molecule has 0 radical (unpaired) electrons. The number of furan rings is 1. The number of rotatable bonds is 1. The maximum Gasteiger partial charge on any atom is 0.225 e. The second-order valence-corrected chi connectivity index (χ2v) is 3.40. The molecule has 0 fully saturated rings.